The third kappa shape index (κ3) is 6.90. The molecule has 0 aliphatic carbocycles. The maximum atomic E-state index is 13.3. The fourth-order valence-electron chi connectivity index (χ4n) is 3.08. The molecule has 6 heteroatoms. The summed E-state index contributed by atoms with van der Waals surface area (Å²) in [5.41, 5.74) is 1.61. The number of carbonyl (C=O) groups is 3. The summed E-state index contributed by atoms with van der Waals surface area (Å²) in [4.78, 5) is 37.4. The molecule has 0 saturated heterocycles. The molecule has 0 aliphatic heterocycles. The first kappa shape index (κ1) is 24.5. The van der Waals surface area contributed by atoms with Crippen LogP contribution in [0, 0.1) is 0 Å². The van der Waals surface area contributed by atoms with Crippen molar-refractivity contribution in [2.45, 2.75) is 19.4 Å². The topological polar surface area (TPSA) is 78.9 Å². The number of esters is 2. The van der Waals surface area contributed by atoms with E-state index in [1.807, 2.05) is 6.07 Å². The number of carbonyl (C=O) groups excluding carboxylic acids is 3. The molecule has 1 unspecified atom stereocenters. The van der Waals surface area contributed by atoms with Gasteiger partial charge in [0.15, 0.2) is 6.10 Å². The van der Waals surface area contributed by atoms with E-state index in [9.17, 15) is 14.4 Å². The van der Waals surface area contributed by atoms with Crippen LogP contribution in [0.25, 0.3) is 0 Å². The van der Waals surface area contributed by atoms with Crippen molar-refractivity contribution in [2.24, 2.45) is 0 Å². The minimum absolute atomic E-state index is 0.204. The highest BCUT2D eigenvalue weighted by Gasteiger charge is 2.27. The first-order chi connectivity index (χ1) is 16.5. The number of hydrogen-bond donors (Lipinski definition) is 0. The molecular weight excluding hydrogens is 432 g/mol. The average molecular weight is 459 g/mol. The van der Waals surface area contributed by atoms with Crippen LogP contribution in [0.5, 0.6) is 5.75 Å². The first-order valence-electron chi connectivity index (χ1n) is 10.9. The smallest absolute Gasteiger partial charge is 0.339 e. The maximum Gasteiger partial charge on any atom is 0.339 e. The summed E-state index contributed by atoms with van der Waals surface area (Å²) in [6.45, 7) is 5.62. The molecule has 0 fully saturated rings. The summed E-state index contributed by atoms with van der Waals surface area (Å²) in [6, 6.07) is 24.0. The first-order valence-corrected chi connectivity index (χ1v) is 10.9. The predicted octanol–water partition coefficient (Wildman–Crippen LogP) is 5.36. The van der Waals surface area contributed by atoms with Crippen LogP contribution in [0.4, 0.5) is 0 Å². The van der Waals surface area contributed by atoms with Crippen molar-refractivity contribution < 1.29 is 28.6 Å². The lowest BCUT2D eigenvalue weighted by Gasteiger charge is -2.18. The Bertz CT molecular complexity index is 1140. The van der Waals surface area contributed by atoms with E-state index >= 15 is 0 Å². The third-order valence-corrected chi connectivity index (χ3v) is 4.83. The zero-order valence-electron chi connectivity index (χ0n) is 18.9. The van der Waals surface area contributed by atoms with Gasteiger partial charge in [0.1, 0.15) is 5.75 Å². The zero-order chi connectivity index (χ0) is 24.3. The van der Waals surface area contributed by atoms with E-state index in [0.29, 0.717) is 41.0 Å². The zero-order valence-corrected chi connectivity index (χ0v) is 18.9. The second-order valence-electron chi connectivity index (χ2n) is 7.57. The highest BCUT2D eigenvalue weighted by atomic mass is 16.5. The van der Waals surface area contributed by atoms with Crippen molar-refractivity contribution in [1.29, 1.82) is 0 Å². The molecule has 0 saturated carbocycles. The van der Waals surface area contributed by atoms with Gasteiger partial charge in [-0.3, -0.25) is 4.79 Å². The summed E-state index contributed by atoms with van der Waals surface area (Å²) in [7, 11) is 0. The molecule has 0 amide bonds. The molecule has 3 aromatic rings. The van der Waals surface area contributed by atoms with Crippen LogP contribution in [0.3, 0.4) is 0 Å². The number of Topliss-reactive ketones (excluding diaryl/α,β-unsaturated/α-hetero) is 1. The van der Waals surface area contributed by atoms with Gasteiger partial charge in [-0.15, -0.1) is 0 Å². The Kier molecular flexibility index (Phi) is 8.74. The van der Waals surface area contributed by atoms with Gasteiger partial charge < -0.3 is 14.2 Å². The second-order valence-corrected chi connectivity index (χ2v) is 7.57. The van der Waals surface area contributed by atoms with Crippen LogP contribution in [0.15, 0.2) is 97.1 Å². The van der Waals surface area contributed by atoms with Gasteiger partial charge in [0.25, 0.3) is 0 Å². The lowest BCUT2D eigenvalue weighted by molar-refractivity contribution is -0.139. The van der Waals surface area contributed by atoms with Gasteiger partial charge in [0, 0.05) is 23.1 Å². The number of hydrogen-bond acceptors (Lipinski definition) is 6. The highest BCUT2D eigenvalue weighted by molar-refractivity contribution is 6.02. The van der Waals surface area contributed by atoms with Gasteiger partial charge in [0.2, 0.25) is 5.78 Å². The number of benzene rings is 3. The van der Waals surface area contributed by atoms with E-state index in [1.165, 1.54) is 0 Å². The van der Waals surface area contributed by atoms with Crippen LogP contribution in [0.2, 0.25) is 0 Å². The fourth-order valence-corrected chi connectivity index (χ4v) is 3.08. The van der Waals surface area contributed by atoms with E-state index in [2.05, 4.69) is 6.58 Å². The molecule has 1 atom stereocenters. The predicted molar refractivity (Wildman–Crippen MR) is 128 cm³/mol. The molecule has 0 aromatic heterocycles. The monoisotopic (exact) mass is 458 g/mol. The minimum atomic E-state index is -1.14. The van der Waals surface area contributed by atoms with Gasteiger partial charge in [0.05, 0.1) is 18.8 Å². The Labute approximate surface area is 198 Å². The van der Waals surface area contributed by atoms with Crippen molar-refractivity contribution in [2.75, 3.05) is 13.2 Å². The molecule has 0 spiro atoms. The van der Waals surface area contributed by atoms with Gasteiger partial charge in [-0.05, 0) is 31.2 Å². The molecule has 3 aromatic carbocycles. The molecule has 0 radical (unpaired) electrons. The van der Waals surface area contributed by atoms with Crippen LogP contribution in [-0.4, -0.2) is 30.9 Å². The molecule has 0 bridgehead atoms. The maximum absolute atomic E-state index is 13.3. The summed E-state index contributed by atoms with van der Waals surface area (Å²) in [5, 5.41) is 0. The molecule has 34 heavy (non-hydrogen) atoms. The van der Waals surface area contributed by atoms with Crippen molar-refractivity contribution in [3.05, 3.63) is 114 Å². The Morgan fingerprint density at radius 2 is 1.47 bits per heavy atom. The van der Waals surface area contributed by atoms with Crippen LogP contribution in [0.1, 0.15) is 45.7 Å². The number of ether oxygens (including phenoxy) is 3. The lowest BCUT2D eigenvalue weighted by Crippen LogP contribution is -2.20. The fraction of sp³-hybridized carbons (Fsp3) is 0.179. The van der Waals surface area contributed by atoms with Gasteiger partial charge in [-0.25, -0.2) is 9.59 Å². The molecule has 0 aliphatic rings. The van der Waals surface area contributed by atoms with Gasteiger partial charge in [-0.1, -0.05) is 67.2 Å². The molecule has 6 nitrogen and oxygen atoms in total. The molecule has 174 valence electrons. The van der Waals surface area contributed by atoms with Crippen molar-refractivity contribution >= 4 is 17.7 Å². The summed E-state index contributed by atoms with van der Waals surface area (Å²) in [5.74, 6) is -0.871. The number of ketones is 1. The largest absolute Gasteiger partial charge is 0.493 e. The van der Waals surface area contributed by atoms with Gasteiger partial charge >= 0.3 is 11.9 Å². The SMILES string of the molecule is C=C(C)C(=O)OCCCOc1cccc(C(OC(=O)c2ccccc2)C(=O)c2ccccc2)c1. The third-order valence-electron chi connectivity index (χ3n) is 4.83. The second kappa shape index (κ2) is 12.2. The Hall–Kier alpha value is -4.19. The lowest BCUT2D eigenvalue weighted by atomic mass is 9.99. The Morgan fingerprint density at radius 1 is 0.824 bits per heavy atom. The van der Waals surface area contributed by atoms with Crippen molar-refractivity contribution in [3.8, 4) is 5.75 Å². The van der Waals surface area contributed by atoms with Crippen LogP contribution in [-0.2, 0) is 14.3 Å². The van der Waals surface area contributed by atoms with Crippen molar-refractivity contribution in [3.63, 3.8) is 0 Å². The normalized spacial score (nSPS) is 11.2. The highest BCUT2D eigenvalue weighted by Crippen LogP contribution is 2.27. The van der Waals surface area contributed by atoms with E-state index in [4.69, 9.17) is 14.2 Å². The van der Waals surface area contributed by atoms with E-state index in [-0.39, 0.29) is 12.4 Å². The summed E-state index contributed by atoms with van der Waals surface area (Å²) in [6.07, 6.45) is -0.659. The summed E-state index contributed by atoms with van der Waals surface area (Å²) < 4.78 is 16.5. The van der Waals surface area contributed by atoms with E-state index < -0.39 is 18.0 Å². The average Bonchev–Trinajstić information content (AvgIpc) is 2.87. The van der Waals surface area contributed by atoms with Crippen molar-refractivity contribution in [1.82, 2.24) is 0 Å². The summed E-state index contributed by atoms with van der Waals surface area (Å²) >= 11 is 0. The van der Waals surface area contributed by atoms with E-state index in [1.54, 1.807) is 85.8 Å². The molecular formula is C28H26O6. The quantitative estimate of drug-likeness (QED) is 0.167. The molecule has 3 rings (SSSR count). The standard InChI is InChI=1S/C28H26O6/c1-20(2)27(30)33-18-10-17-32-24-16-9-15-23(19-24)26(25(29)21-11-5-3-6-12-21)34-28(31)22-13-7-4-8-14-22/h3-9,11-16,19,26H,1,10,17-18H2,2H3. The molecule has 0 N–H and O–H groups in total. The van der Waals surface area contributed by atoms with Crippen LogP contribution < -0.4 is 4.74 Å². The van der Waals surface area contributed by atoms with E-state index in [0.717, 1.165) is 0 Å². The number of rotatable bonds is 11. The Morgan fingerprint density at radius 3 is 2.12 bits per heavy atom. The molecule has 0 heterocycles. The Balaban J connectivity index is 1.74. The van der Waals surface area contributed by atoms with Gasteiger partial charge in [-0.2, -0.15) is 0 Å². The van der Waals surface area contributed by atoms with Crippen LogP contribution >= 0.6 is 0 Å². The minimum Gasteiger partial charge on any atom is -0.493 e.